The Morgan fingerprint density at radius 2 is 2.21 bits per heavy atom. The van der Waals surface area contributed by atoms with Gasteiger partial charge in [-0.1, -0.05) is 0 Å². The molecule has 14 heavy (non-hydrogen) atoms. The van der Waals surface area contributed by atoms with E-state index in [-0.39, 0.29) is 23.2 Å². The first-order valence-electron chi connectivity index (χ1n) is 3.38. The summed E-state index contributed by atoms with van der Waals surface area (Å²) in [6.07, 6.45) is -4.54. The molecule has 7 heteroatoms. The molecule has 0 aliphatic carbocycles. The maximum Gasteiger partial charge on any atom is 0.410 e. The Hall–Kier alpha value is -1.37. The minimum Gasteiger partial charge on any atom is -0.375 e. The van der Waals surface area contributed by atoms with Crippen LogP contribution in [0.4, 0.5) is 18.3 Å². The van der Waals surface area contributed by atoms with Crippen molar-refractivity contribution in [1.82, 2.24) is 4.98 Å². The molecule has 76 valence electrons. The Morgan fingerprint density at radius 1 is 1.57 bits per heavy atom. The van der Waals surface area contributed by atoms with Crippen LogP contribution in [0.2, 0.25) is 0 Å². The van der Waals surface area contributed by atoms with E-state index in [2.05, 4.69) is 4.98 Å². The zero-order chi connectivity index (χ0) is 10.8. The number of thiazole rings is 1. The van der Waals surface area contributed by atoms with Crippen molar-refractivity contribution in [3.63, 3.8) is 0 Å². The van der Waals surface area contributed by atoms with E-state index in [0.717, 1.165) is 11.3 Å². The van der Waals surface area contributed by atoms with Crippen LogP contribution in [0.25, 0.3) is 5.57 Å². The second kappa shape index (κ2) is 3.79. The van der Waals surface area contributed by atoms with Gasteiger partial charge in [0.25, 0.3) is 0 Å². The first-order valence-corrected chi connectivity index (χ1v) is 4.26. The molecule has 0 atom stereocenters. The molecular weight excluding hydrogens is 217 g/mol. The normalized spacial score (nSPS) is 12.9. The smallest absolute Gasteiger partial charge is 0.375 e. The summed E-state index contributed by atoms with van der Waals surface area (Å²) < 4.78 is 35.7. The number of aromatic nitrogens is 1. The number of aldehydes is 1. The maximum atomic E-state index is 11.9. The largest absolute Gasteiger partial charge is 0.410 e. The van der Waals surface area contributed by atoms with E-state index < -0.39 is 11.7 Å². The van der Waals surface area contributed by atoms with Crippen LogP contribution in [0, 0.1) is 0 Å². The fraction of sp³-hybridized carbons (Fsp3) is 0.143. The SMILES string of the molecule is Nc1nc(C(C=O)=CC(F)(F)F)cs1. The molecular formula is C7H5F3N2OS. The second-order valence-corrected chi connectivity index (χ2v) is 3.22. The summed E-state index contributed by atoms with van der Waals surface area (Å²) in [5, 5.41) is 1.41. The van der Waals surface area contributed by atoms with Crippen LogP contribution in [-0.4, -0.2) is 17.4 Å². The standard InChI is InChI=1S/C7H5F3N2OS/c8-7(9,10)1-4(2-13)5-3-14-6(11)12-5/h1-3H,(H2,11,12). The van der Waals surface area contributed by atoms with Gasteiger partial charge in [-0.15, -0.1) is 11.3 Å². The molecule has 0 aromatic carbocycles. The Balaban J connectivity index is 3.05. The third-order valence-electron chi connectivity index (χ3n) is 1.26. The number of carbonyl (C=O) groups is 1. The quantitative estimate of drug-likeness (QED) is 0.613. The van der Waals surface area contributed by atoms with E-state index in [1.54, 1.807) is 0 Å². The van der Waals surface area contributed by atoms with Gasteiger partial charge in [-0.25, -0.2) is 4.98 Å². The van der Waals surface area contributed by atoms with Crippen LogP contribution in [0.1, 0.15) is 5.69 Å². The second-order valence-electron chi connectivity index (χ2n) is 2.33. The van der Waals surface area contributed by atoms with Crippen LogP contribution >= 0.6 is 11.3 Å². The highest BCUT2D eigenvalue weighted by Gasteiger charge is 2.25. The lowest BCUT2D eigenvalue weighted by Gasteiger charge is -1.99. The predicted molar refractivity (Wildman–Crippen MR) is 46.6 cm³/mol. The van der Waals surface area contributed by atoms with Crippen molar-refractivity contribution in [3.8, 4) is 0 Å². The molecule has 2 N–H and O–H groups in total. The molecule has 0 saturated heterocycles. The van der Waals surface area contributed by atoms with Crippen LogP contribution in [0.5, 0.6) is 0 Å². The molecule has 1 aromatic heterocycles. The van der Waals surface area contributed by atoms with Gasteiger partial charge in [0.1, 0.15) is 0 Å². The molecule has 0 aliphatic heterocycles. The van der Waals surface area contributed by atoms with Gasteiger partial charge in [0, 0.05) is 17.0 Å². The summed E-state index contributed by atoms with van der Waals surface area (Å²) in [4.78, 5) is 13.9. The molecule has 3 nitrogen and oxygen atoms in total. The van der Waals surface area contributed by atoms with Gasteiger partial charge in [0.15, 0.2) is 11.4 Å². The lowest BCUT2D eigenvalue weighted by Crippen LogP contribution is -2.04. The van der Waals surface area contributed by atoms with Crippen molar-refractivity contribution in [2.24, 2.45) is 0 Å². The molecule has 0 radical (unpaired) electrons. The monoisotopic (exact) mass is 222 g/mol. The Bertz CT molecular complexity index is 369. The summed E-state index contributed by atoms with van der Waals surface area (Å²) in [5.74, 6) is 0. The van der Waals surface area contributed by atoms with E-state index in [1.165, 1.54) is 5.38 Å². The van der Waals surface area contributed by atoms with Gasteiger partial charge in [-0.3, -0.25) is 4.79 Å². The summed E-state index contributed by atoms with van der Waals surface area (Å²) in [7, 11) is 0. The lowest BCUT2D eigenvalue weighted by molar-refractivity contribution is -0.104. The number of nitrogen functional groups attached to an aromatic ring is 1. The van der Waals surface area contributed by atoms with Crippen molar-refractivity contribution in [1.29, 1.82) is 0 Å². The molecule has 1 rings (SSSR count). The minimum atomic E-state index is -4.53. The number of nitrogens with zero attached hydrogens (tertiary/aromatic N) is 1. The highest BCUT2D eigenvalue weighted by atomic mass is 32.1. The van der Waals surface area contributed by atoms with Crippen molar-refractivity contribution in [2.75, 3.05) is 5.73 Å². The molecule has 0 spiro atoms. The van der Waals surface area contributed by atoms with Crippen LogP contribution in [-0.2, 0) is 4.79 Å². The maximum absolute atomic E-state index is 11.9. The average molecular weight is 222 g/mol. The fourth-order valence-electron chi connectivity index (χ4n) is 0.765. The molecule has 0 unspecified atom stereocenters. The van der Waals surface area contributed by atoms with E-state index in [4.69, 9.17) is 5.73 Å². The van der Waals surface area contributed by atoms with Crippen LogP contribution < -0.4 is 5.73 Å². The highest BCUT2D eigenvalue weighted by molar-refractivity contribution is 7.13. The lowest BCUT2D eigenvalue weighted by atomic mass is 10.2. The number of nitrogens with two attached hydrogens (primary N) is 1. The van der Waals surface area contributed by atoms with Gasteiger partial charge in [0.05, 0.1) is 5.69 Å². The number of allylic oxidation sites excluding steroid dienone is 2. The van der Waals surface area contributed by atoms with E-state index >= 15 is 0 Å². The summed E-state index contributed by atoms with van der Waals surface area (Å²) >= 11 is 0.974. The molecule has 0 aliphatic rings. The fourth-order valence-corrected chi connectivity index (χ4v) is 1.34. The van der Waals surface area contributed by atoms with Gasteiger partial charge < -0.3 is 5.73 Å². The minimum absolute atomic E-state index is 0.0557. The van der Waals surface area contributed by atoms with E-state index in [1.807, 2.05) is 0 Å². The molecule has 0 saturated carbocycles. The van der Waals surface area contributed by atoms with Crippen molar-refractivity contribution >= 4 is 28.3 Å². The molecule has 0 fully saturated rings. The van der Waals surface area contributed by atoms with Crippen molar-refractivity contribution in [2.45, 2.75) is 6.18 Å². The number of hydrogen-bond donors (Lipinski definition) is 1. The Morgan fingerprint density at radius 3 is 2.57 bits per heavy atom. The molecule has 0 bridgehead atoms. The molecule has 1 heterocycles. The van der Waals surface area contributed by atoms with Crippen LogP contribution in [0.3, 0.4) is 0 Å². The topological polar surface area (TPSA) is 56.0 Å². The number of rotatable bonds is 2. The first-order chi connectivity index (χ1) is 6.42. The first kappa shape index (κ1) is 10.7. The summed E-state index contributed by atoms with van der Waals surface area (Å²) in [6.45, 7) is 0. The van der Waals surface area contributed by atoms with Crippen molar-refractivity contribution in [3.05, 3.63) is 17.2 Å². The number of anilines is 1. The Labute approximate surface area is 81.1 Å². The van der Waals surface area contributed by atoms with E-state index in [0.29, 0.717) is 0 Å². The average Bonchev–Trinajstić information content (AvgIpc) is 2.46. The van der Waals surface area contributed by atoms with Crippen LogP contribution in [0.15, 0.2) is 11.5 Å². The van der Waals surface area contributed by atoms with Gasteiger partial charge in [0.2, 0.25) is 0 Å². The third-order valence-corrected chi connectivity index (χ3v) is 1.94. The van der Waals surface area contributed by atoms with Gasteiger partial charge in [-0.05, 0) is 0 Å². The van der Waals surface area contributed by atoms with E-state index in [9.17, 15) is 18.0 Å². The number of halogens is 3. The number of carbonyl (C=O) groups excluding carboxylic acids is 1. The molecule has 1 aromatic rings. The summed E-state index contributed by atoms with van der Waals surface area (Å²) in [5.41, 5.74) is 4.64. The highest BCUT2D eigenvalue weighted by Crippen LogP contribution is 2.24. The van der Waals surface area contributed by atoms with Crippen molar-refractivity contribution < 1.29 is 18.0 Å². The van der Waals surface area contributed by atoms with Gasteiger partial charge in [-0.2, -0.15) is 13.2 Å². The summed E-state index contributed by atoms with van der Waals surface area (Å²) in [6, 6.07) is 0. The predicted octanol–water partition coefficient (Wildman–Crippen LogP) is 1.87. The Kier molecular flexibility index (Phi) is 2.90. The zero-order valence-corrected chi connectivity index (χ0v) is 7.52. The zero-order valence-electron chi connectivity index (χ0n) is 6.71. The third kappa shape index (κ3) is 2.84. The molecule has 0 amide bonds. The number of alkyl halides is 3. The van der Waals surface area contributed by atoms with Gasteiger partial charge >= 0.3 is 6.18 Å². The number of hydrogen-bond acceptors (Lipinski definition) is 4.